The van der Waals surface area contributed by atoms with Gasteiger partial charge in [-0.3, -0.25) is 14.4 Å². The molecule has 3 aliphatic rings. The van der Waals surface area contributed by atoms with Crippen LogP contribution in [-0.2, 0) is 50.4 Å². The summed E-state index contributed by atoms with van der Waals surface area (Å²) < 4.78 is 64.5. The number of rotatable bonds is 8. The maximum atomic E-state index is 12.5. The lowest BCUT2D eigenvalue weighted by molar-refractivity contribution is -0.120. The Balaban J connectivity index is 0. The van der Waals surface area contributed by atoms with E-state index in [4.69, 9.17) is 0 Å². The molecule has 0 unspecified atom stereocenters. The van der Waals surface area contributed by atoms with Crippen molar-refractivity contribution in [1.82, 2.24) is 19.8 Å². The Kier molecular flexibility index (Phi) is 23.9. The summed E-state index contributed by atoms with van der Waals surface area (Å²) in [5.74, 6) is 2.57. The number of piperidine rings is 1. The third-order valence-electron chi connectivity index (χ3n) is 6.81. The molecule has 2 aliphatic carbocycles. The minimum Gasteiger partial charge on any atom is -0.377 e. The highest BCUT2D eigenvalue weighted by Gasteiger charge is 2.31. The number of amides is 1. The molecule has 292 valence electrons. The van der Waals surface area contributed by atoms with Crippen molar-refractivity contribution < 1.29 is 44.4 Å². The molecule has 50 heavy (non-hydrogen) atoms. The van der Waals surface area contributed by atoms with E-state index in [1.807, 2.05) is 36.9 Å². The van der Waals surface area contributed by atoms with Crippen LogP contribution in [-0.4, -0.2) is 139 Å². The molecule has 4 rings (SSSR count). The Morgan fingerprint density at radius 1 is 0.880 bits per heavy atom. The number of nitrogens with zero attached hydrogens (tertiary/aromatic N) is 4. The van der Waals surface area contributed by atoms with Crippen LogP contribution in [0.3, 0.4) is 0 Å². The quantitative estimate of drug-likeness (QED) is 0.375. The molecular weight excluding hydrogens is 709 g/mol. The summed E-state index contributed by atoms with van der Waals surface area (Å²) in [6.45, 7) is 11.5. The Morgan fingerprint density at radius 3 is 1.58 bits per heavy atom. The van der Waals surface area contributed by atoms with E-state index in [9.17, 15) is 39.6 Å². The van der Waals surface area contributed by atoms with Gasteiger partial charge < -0.3 is 14.5 Å². The fourth-order valence-corrected chi connectivity index (χ4v) is 4.70. The highest BCUT2D eigenvalue weighted by molar-refractivity contribution is 7.91. The molecule has 2 saturated carbocycles. The summed E-state index contributed by atoms with van der Waals surface area (Å²) >= 11 is 0. The Hall–Kier alpha value is -2.34. The SMILES string of the molecule is CC(=O)C1CC1.CCS(C)(=O)=O.COCC(C)=O.CS(=O)(=O)C1CC1.CS(C)(=O)=O.Cc1nc(CN(C)C)cc(C(=O)N2CCC(C)CC2)n1. The molecule has 3 fully saturated rings. The zero-order valence-corrected chi connectivity index (χ0v) is 34.6. The van der Waals surface area contributed by atoms with Gasteiger partial charge in [-0.15, -0.1) is 0 Å². The highest BCUT2D eigenvalue weighted by Crippen LogP contribution is 2.29. The number of carbonyl (C=O) groups excluding carboxylic acids is 3. The number of hydrogen-bond acceptors (Lipinski definition) is 13. The summed E-state index contributed by atoms with van der Waals surface area (Å²) in [6.07, 6.45) is 11.1. The van der Waals surface area contributed by atoms with E-state index in [1.54, 1.807) is 13.8 Å². The fourth-order valence-electron chi connectivity index (χ4n) is 3.71. The largest absolute Gasteiger partial charge is 0.377 e. The van der Waals surface area contributed by atoms with Crippen molar-refractivity contribution in [3.05, 3.63) is 23.3 Å². The molecule has 1 aliphatic heterocycles. The van der Waals surface area contributed by atoms with E-state index in [0.717, 1.165) is 82.3 Å². The van der Waals surface area contributed by atoms with Gasteiger partial charge in [-0.2, -0.15) is 0 Å². The average molecular weight is 771 g/mol. The number of hydrogen-bond donors (Lipinski definition) is 0. The topological polar surface area (TPSA) is 195 Å². The van der Waals surface area contributed by atoms with Gasteiger partial charge in [0.15, 0.2) is 5.78 Å². The lowest BCUT2D eigenvalue weighted by Crippen LogP contribution is -2.38. The fraction of sp³-hybridized carbons (Fsp3) is 0.788. The van der Waals surface area contributed by atoms with E-state index in [2.05, 4.69) is 21.6 Å². The van der Waals surface area contributed by atoms with E-state index in [0.29, 0.717) is 23.2 Å². The number of sulfone groups is 3. The number of methoxy groups -OCH3 is 1. The smallest absolute Gasteiger partial charge is 0.272 e. The van der Waals surface area contributed by atoms with E-state index >= 15 is 0 Å². The van der Waals surface area contributed by atoms with Gasteiger partial charge >= 0.3 is 0 Å². The lowest BCUT2D eigenvalue weighted by atomic mass is 9.99. The molecule has 14 nitrogen and oxygen atoms in total. The number of Topliss-reactive ketones (excluding diaryl/α,β-unsaturated/α-hetero) is 2. The molecule has 0 bridgehead atoms. The van der Waals surface area contributed by atoms with Gasteiger partial charge in [-0.1, -0.05) is 13.8 Å². The third kappa shape index (κ3) is 31.6. The van der Waals surface area contributed by atoms with Crippen LogP contribution in [0.5, 0.6) is 0 Å². The van der Waals surface area contributed by atoms with Crippen LogP contribution >= 0.6 is 0 Å². The molecule has 1 aromatic rings. The second-order valence-electron chi connectivity index (χ2n) is 13.4. The van der Waals surface area contributed by atoms with Gasteiger partial charge in [-0.25, -0.2) is 35.2 Å². The summed E-state index contributed by atoms with van der Waals surface area (Å²) in [4.78, 5) is 45.3. The predicted octanol–water partition coefficient (Wildman–Crippen LogP) is 2.83. The predicted molar refractivity (Wildman–Crippen MR) is 198 cm³/mol. The van der Waals surface area contributed by atoms with Crippen molar-refractivity contribution in [1.29, 1.82) is 0 Å². The number of ketones is 2. The van der Waals surface area contributed by atoms with Gasteiger partial charge in [0.1, 0.15) is 53.4 Å². The molecule has 0 radical (unpaired) electrons. The number of aromatic nitrogens is 2. The van der Waals surface area contributed by atoms with E-state index in [-0.39, 0.29) is 29.3 Å². The molecule has 2 heterocycles. The molecule has 1 aromatic heterocycles. The number of aryl methyl sites for hydroxylation is 1. The summed E-state index contributed by atoms with van der Waals surface area (Å²) in [5.41, 5.74) is 1.43. The van der Waals surface area contributed by atoms with Crippen LogP contribution in [0.25, 0.3) is 0 Å². The molecule has 0 atom stereocenters. The number of likely N-dealkylation sites (tertiary alicyclic amines) is 1. The molecule has 0 aromatic carbocycles. The summed E-state index contributed by atoms with van der Waals surface area (Å²) in [7, 11) is -2.47. The second-order valence-corrected chi connectivity index (χ2v) is 20.5. The van der Waals surface area contributed by atoms with Crippen molar-refractivity contribution in [2.75, 3.05) is 71.7 Å². The van der Waals surface area contributed by atoms with Crippen LogP contribution in [0.15, 0.2) is 6.07 Å². The van der Waals surface area contributed by atoms with Gasteiger partial charge in [0, 0.05) is 63.4 Å². The second kappa shape index (κ2) is 24.0. The molecular formula is C33H62N4O10S3. The first kappa shape index (κ1) is 49.8. The molecule has 0 N–H and O–H groups in total. The first-order valence-corrected chi connectivity index (χ1v) is 22.8. The molecule has 0 spiro atoms. The standard InChI is InChI=1S/C15H24N4O.C5H8O.C4H8O2S.C4H8O2.C3H8O2S.C2H6O2S/c1-11-5-7-19(8-6-11)15(20)14-9-13(10-18(3)4)16-12(2)17-14;1-4(6)5-2-3-5;1-7(5,6)4-2-3-4;1-4(5)3-6-2;1-3-6(2,4)5;1-5(2,3)4/h9,11H,5-8,10H2,1-4H3;5H,2-3H2,1H3;4H,2-3H2,1H3;2*3H2,1-2H3;1-2H3. The average Bonchev–Trinajstić information content (AvgIpc) is 3.85. The van der Waals surface area contributed by atoms with Crippen LogP contribution in [0.1, 0.15) is 88.2 Å². The zero-order valence-electron chi connectivity index (χ0n) is 32.2. The van der Waals surface area contributed by atoms with Gasteiger partial charge in [0.25, 0.3) is 5.91 Å². The Morgan fingerprint density at radius 2 is 1.34 bits per heavy atom. The summed E-state index contributed by atoms with van der Waals surface area (Å²) in [5, 5.41) is 0.0208. The maximum Gasteiger partial charge on any atom is 0.272 e. The Labute approximate surface area is 301 Å². The van der Waals surface area contributed by atoms with Crippen molar-refractivity contribution in [3.63, 3.8) is 0 Å². The highest BCUT2D eigenvalue weighted by atomic mass is 32.2. The summed E-state index contributed by atoms with van der Waals surface area (Å²) in [6, 6.07) is 1.83. The van der Waals surface area contributed by atoms with E-state index in [1.165, 1.54) is 26.5 Å². The molecule has 1 amide bonds. The van der Waals surface area contributed by atoms with Crippen LogP contribution in [0, 0.1) is 18.8 Å². The van der Waals surface area contributed by atoms with Crippen LogP contribution in [0.2, 0.25) is 0 Å². The van der Waals surface area contributed by atoms with Crippen molar-refractivity contribution in [3.8, 4) is 0 Å². The Bertz CT molecular complexity index is 1510. The third-order valence-corrected chi connectivity index (χ3v) is 9.54. The first-order chi connectivity index (χ1) is 22.7. The minimum atomic E-state index is -2.67. The van der Waals surface area contributed by atoms with Crippen molar-refractivity contribution in [2.24, 2.45) is 11.8 Å². The minimum absolute atomic E-state index is 0.0208. The van der Waals surface area contributed by atoms with Gasteiger partial charge in [-0.05, 0) is 85.4 Å². The monoisotopic (exact) mass is 770 g/mol. The van der Waals surface area contributed by atoms with Crippen LogP contribution in [0.4, 0.5) is 0 Å². The number of ether oxygens (including phenoxy) is 1. The first-order valence-electron chi connectivity index (χ1n) is 16.5. The van der Waals surface area contributed by atoms with Crippen molar-refractivity contribution in [2.45, 2.75) is 84.9 Å². The van der Waals surface area contributed by atoms with Gasteiger partial charge in [0.2, 0.25) is 0 Å². The number of carbonyl (C=O) groups is 3. The van der Waals surface area contributed by atoms with E-state index < -0.39 is 29.5 Å². The van der Waals surface area contributed by atoms with Crippen LogP contribution < -0.4 is 0 Å². The molecule has 17 heteroatoms. The van der Waals surface area contributed by atoms with Gasteiger partial charge in [0.05, 0.1) is 10.9 Å². The van der Waals surface area contributed by atoms with Crippen molar-refractivity contribution >= 4 is 47.0 Å². The maximum absolute atomic E-state index is 12.5. The molecule has 1 saturated heterocycles. The normalized spacial score (nSPS) is 15.9. The lowest BCUT2D eigenvalue weighted by Gasteiger charge is -2.30. The zero-order chi connectivity index (χ0) is 39.5.